The molecule has 48 heavy (non-hydrogen) atoms. The number of aryl methyl sites for hydroxylation is 1. The summed E-state index contributed by atoms with van der Waals surface area (Å²) in [5.41, 5.74) is 11.3. The molecule has 2 aromatic carbocycles. The Balaban J connectivity index is 1.26. The van der Waals surface area contributed by atoms with Crippen LogP contribution in [0.3, 0.4) is 0 Å². The van der Waals surface area contributed by atoms with E-state index in [4.69, 9.17) is 19.9 Å². The summed E-state index contributed by atoms with van der Waals surface area (Å²) in [4.78, 5) is 49.5. The Morgan fingerprint density at radius 1 is 1.10 bits per heavy atom. The van der Waals surface area contributed by atoms with Gasteiger partial charge in [-0.2, -0.15) is 0 Å². The fraction of sp³-hybridized carbons (Fsp3) is 0.486. The van der Waals surface area contributed by atoms with Gasteiger partial charge in [-0.05, 0) is 36.1 Å². The van der Waals surface area contributed by atoms with Crippen molar-refractivity contribution in [3.05, 3.63) is 70.4 Å². The average molecular weight is 680 g/mol. The summed E-state index contributed by atoms with van der Waals surface area (Å²) in [7, 11) is 0. The largest absolute Gasteiger partial charge is 0.491 e. The quantitative estimate of drug-likeness (QED) is 0.194. The molecule has 0 spiro atoms. The molecule has 0 saturated carbocycles. The number of benzene rings is 2. The molecule has 12 nitrogen and oxygen atoms in total. The van der Waals surface area contributed by atoms with Crippen LogP contribution in [0.4, 0.5) is 0 Å². The molecule has 3 heterocycles. The van der Waals surface area contributed by atoms with Crippen LogP contribution >= 0.6 is 11.3 Å². The molecule has 0 unspecified atom stereocenters. The number of nitrogens with two attached hydrogens (primary N) is 1. The minimum Gasteiger partial charge on any atom is -0.491 e. The molecular formula is C35H45N5O7S. The van der Waals surface area contributed by atoms with E-state index in [1.165, 1.54) is 16.2 Å². The van der Waals surface area contributed by atoms with Crippen molar-refractivity contribution < 1.29 is 33.7 Å². The van der Waals surface area contributed by atoms with Crippen LogP contribution in [0.15, 0.2) is 48.0 Å². The first-order valence-electron chi connectivity index (χ1n) is 16.4. The Morgan fingerprint density at radius 2 is 1.85 bits per heavy atom. The molecule has 1 aromatic heterocycles. The highest BCUT2D eigenvalue weighted by Gasteiger charge is 2.45. The van der Waals surface area contributed by atoms with Crippen molar-refractivity contribution >= 4 is 29.1 Å². The Hall–Kier alpha value is -3.88. The van der Waals surface area contributed by atoms with Gasteiger partial charge in [-0.15, -0.1) is 11.3 Å². The molecule has 3 aromatic rings. The monoisotopic (exact) mass is 679 g/mol. The number of aliphatic hydroxyl groups is 1. The van der Waals surface area contributed by atoms with E-state index < -0.39 is 18.2 Å². The first kappa shape index (κ1) is 35.4. The summed E-state index contributed by atoms with van der Waals surface area (Å²) in [6.07, 6.45) is -0.749. The number of aliphatic hydroxyl groups excluding tert-OH is 1. The standard InChI is InChI=1S/C35H45N5O7S/c1-22(2)31(40-19-26-6-4-5-7-28(26)34(40)43)35(44)39-20-27(41)17-29(39)33(42)37-18-25-9-8-24(32-23(3)38-21-48-32)16-30(25)47-15-14-46-13-12-45-11-10-36/h4-9,16,21-22,27,29,31,41H,10-15,17-20,36H2,1-3H3,(H,37,42)/t27-,29+,31+/m1/s1. The predicted octanol–water partition coefficient (Wildman–Crippen LogP) is 2.75. The molecule has 5 rings (SSSR count). The fourth-order valence-corrected chi connectivity index (χ4v) is 7.03. The Morgan fingerprint density at radius 3 is 2.56 bits per heavy atom. The highest BCUT2D eigenvalue weighted by atomic mass is 32.1. The molecule has 3 amide bonds. The lowest BCUT2D eigenvalue weighted by molar-refractivity contribution is -0.143. The number of nitrogens with zero attached hydrogens (tertiary/aromatic N) is 3. The molecule has 258 valence electrons. The third-order valence-electron chi connectivity index (χ3n) is 8.58. The van der Waals surface area contributed by atoms with E-state index in [2.05, 4.69) is 10.3 Å². The second-order valence-corrected chi connectivity index (χ2v) is 13.2. The van der Waals surface area contributed by atoms with Gasteiger partial charge in [0.25, 0.3) is 5.91 Å². The maximum atomic E-state index is 14.1. The number of amides is 3. The fourth-order valence-electron chi connectivity index (χ4n) is 6.23. The zero-order valence-electron chi connectivity index (χ0n) is 27.7. The van der Waals surface area contributed by atoms with Crippen molar-refractivity contribution in [2.45, 2.75) is 58.5 Å². The van der Waals surface area contributed by atoms with Crippen molar-refractivity contribution in [1.82, 2.24) is 20.1 Å². The summed E-state index contributed by atoms with van der Waals surface area (Å²) >= 11 is 1.54. The molecule has 3 atom stereocenters. The number of fused-ring (bicyclic) bond motifs is 1. The predicted molar refractivity (Wildman–Crippen MR) is 181 cm³/mol. The van der Waals surface area contributed by atoms with Crippen LogP contribution in [-0.2, 0) is 32.2 Å². The number of likely N-dealkylation sites (tertiary alicyclic amines) is 1. The highest BCUT2D eigenvalue weighted by Crippen LogP contribution is 2.33. The first-order chi connectivity index (χ1) is 23.2. The zero-order chi connectivity index (χ0) is 34.2. The summed E-state index contributed by atoms with van der Waals surface area (Å²) in [5, 5.41) is 13.6. The number of thiazole rings is 1. The number of hydrogen-bond donors (Lipinski definition) is 3. The maximum Gasteiger partial charge on any atom is 0.255 e. The lowest BCUT2D eigenvalue weighted by atomic mass is 10.0. The zero-order valence-corrected chi connectivity index (χ0v) is 28.5. The van der Waals surface area contributed by atoms with E-state index in [0.29, 0.717) is 50.8 Å². The Kier molecular flexibility index (Phi) is 12.2. The number of carbonyl (C=O) groups excluding carboxylic acids is 3. The van der Waals surface area contributed by atoms with Crippen LogP contribution in [-0.4, -0.2) is 102 Å². The van der Waals surface area contributed by atoms with Gasteiger partial charge in [0.15, 0.2) is 0 Å². The van der Waals surface area contributed by atoms with E-state index in [1.807, 2.05) is 57.2 Å². The van der Waals surface area contributed by atoms with Gasteiger partial charge >= 0.3 is 0 Å². The van der Waals surface area contributed by atoms with E-state index in [0.717, 1.165) is 27.3 Å². The van der Waals surface area contributed by atoms with E-state index in [1.54, 1.807) is 16.5 Å². The average Bonchev–Trinajstić information content (AvgIpc) is 3.78. The van der Waals surface area contributed by atoms with Gasteiger partial charge in [0.2, 0.25) is 11.8 Å². The minimum atomic E-state index is -0.882. The van der Waals surface area contributed by atoms with Crippen LogP contribution in [0.1, 0.15) is 47.4 Å². The first-order valence-corrected chi connectivity index (χ1v) is 17.2. The maximum absolute atomic E-state index is 14.1. The SMILES string of the molecule is Cc1ncsc1-c1ccc(CNC(=O)[C@@H]2C[C@@H](O)CN2C(=O)[C@H](C(C)C)N2Cc3ccccc3C2=O)c(OCCOCCOCCN)c1. The summed E-state index contributed by atoms with van der Waals surface area (Å²) in [6, 6.07) is 11.5. The van der Waals surface area contributed by atoms with Crippen LogP contribution in [0, 0.1) is 12.8 Å². The van der Waals surface area contributed by atoms with Gasteiger partial charge < -0.3 is 40.2 Å². The van der Waals surface area contributed by atoms with Crippen LogP contribution < -0.4 is 15.8 Å². The molecule has 0 radical (unpaired) electrons. The number of nitrogens with one attached hydrogen (secondary N) is 1. The normalized spacial score (nSPS) is 18.0. The van der Waals surface area contributed by atoms with Gasteiger partial charge in [-0.25, -0.2) is 4.98 Å². The van der Waals surface area contributed by atoms with Crippen molar-refractivity contribution in [2.75, 3.05) is 46.1 Å². The van der Waals surface area contributed by atoms with Crippen molar-refractivity contribution in [1.29, 1.82) is 0 Å². The number of β-amino-alcohol motifs (C(OH)–C–C–N with tert-alkyl or cyclic N) is 1. The molecule has 0 bridgehead atoms. The minimum absolute atomic E-state index is 0.0175. The smallest absolute Gasteiger partial charge is 0.255 e. The number of carbonyl (C=O) groups is 3. The van der Waals surface area contributed by atoms with Gasteiger partial charge in [0.1, 0.15) is 24.4 Å². The second-order valence-electron chi connectivity index (χ2n) is 12.3. The van der Waals surface area contributed by atoms with E-state index in [9.17, 15) is 19.5 Å². The third-order valence-corrected chi connectivity index (χ3v) is 9.56. The molecular weight excluding hydrogens is 634 g/mol. The Bertz CT molecular complexity index is 1580. The number of rotatable bonds is 16. The molecule has 13 heteroatoms. The van der Waals surface area contributed by atoms with Gasteiger partial charge in [0.05, 0.1) is 48.6 Å². The summed E-state index contributed by atoms with van der Waals surface area (Å²) < 4.78 is 17.1. The van der Waals surface area contributed by atoms with E-state index in [-0.39, 0.29) is 49.8 Å². The molecule has 1 fully saturated rings. The van der Waals surface area contributed by atoms with Crippen LogP contribution in [0.25, 0.3) is 10.4 Å². The van der Waals surface area contributed by atoms with Gasteiger partial charge in [0, 0.05) is 43.7 Å². The Labute approximate surface area is 285 Å². The van der Waals surface area contributed by atoms with Crippen LogP contribution in [0.2, 0.25) is 0 Å². The number of aromatic nitrogens is 1. The van der Waals surface area contributed by atoms with Gasteiger partial charge in [-0.1, -0.05) is 44.2 Å². The van der Waals surface area contributed by atoms with Gasteiger partial charge in [-0.3, -0.25) is 14.4 Å². The summed E-state index contributed by atoms with van der Waals surface area (Å²) in [6.45, 7) is 8.66. The lowest BCUT2D eigenvalue weighted by Crippen LogP contribution is -2.55. The third kappa shape index (κ3) is 8.21. The lowest BCUT2D eigenvalue weighted by Gasteiger charge is -2.35. The molecule has 4 N–H and O–H groups in total. The topological polar surface area (TPSA) is 157 Å². The number of hydrogen-bond acceptors (Lipinski definition) is 10. The van der Waals surface area contributed by atoms with Crippen molar-refractivity contribution in [2.24, 2.45) is 11.7 Å². The molecule has 2 aliphatic heterocycles. The number of ether oxygens (including phenoxy) is 3. The molecule has 2 aliphatic rings. The van der Waals surface area contributed by atoms with Crippen molar-refractivity contribution in [3.8, 4) is 16.2 Å². The molecule has 1 saturated heterocycles. The highest BCUT2D eigenvalue weighted by molar-refractivity contribution is 7.13. The van der Waals surface area contributed by atoms with Crippen molar-refractivity contribution in [3.63, 3.8) is 0 Å². The van der Waals surface area contributed by atoms with E-state index >= 15 is 0 Å². The second kappa shape index (κ2) is 16.5. The van der Waals surface area contributed by atoms with Crippen LogP contribution in [0.5, 0.6) is 5.75 Å². The molecule has 0 aliphatic carbocycles. The summed E-state index contributed by atoms with van der Waals surface area (Å²) in [5.74, 6) is -0.541.